The number of halogens is 1. The number of amides is 1. The van der Waals surface area contributed by atoms with E-state index in [0.717, 1.165) is 29.8 Å². The Kier molecular flexibility index (Phi) is 4.43. The maximum Gasteiger partial charge on any atom is 0.274 e. The third kappa shape index (κ3) is 3.33. The predicted octanol–water partition coefficient (Wildman–Crippen LogP) is 3.03. The Morgan fingerprint density at radius 1 is 1.23 bits per heavy atom. The van der Waals surface area contributed by atoms with Crippen LogP contribution in [0.1, 0.15) is 34.9 Å². The summed E-state index contributed by atoms with van der Waals surface area (Å²) in [5.74, 6) is -0.179. The van der Waals surface area contributed by atoms with E-state index >= 15 is 0 Å². The molecule has 0 aliphatic carbocycles. The lowest BCUT2D eigenvalue weighted by atomic mass is 9.94. The molecule has 1 N–H and O–H groups in total. The number of aromatic amines is 1. The zero-order chi connectivity index (χ0) is 17.9. The van der Waals surface area contributed by atoms with Crippen molar-refractivity contribution in [2.24, 2.45) is 0 Å². The van der Waals surface area contributed by atoms with Crippen LogP contribution in [-0.2, 0) is 0 Å². The zero-order valence-corrected chi connectivity index (χ0v) is 14.1. The fourth-order valence-electron chi connectivity index (χ4n) is 3.30. The van der Waals surface area contributed by atoms with Crippen LogP contribution in [0.5, 0.6) is 0 Å². The van der Waals surface area contributed by atoms with Crippen molar-refractivity contribution in [1.82, 2.24) is 25.1 Å². The fourth-order valence-corrected chi connectivity index (χ4v) is 3.30. The minimum atomic E-state index is -0.269. The first-order valence-electron chi connectivity index (χ1n) is 8.57. The minimum absolute atomic E-state index is 0.0962. The van der Waals surface area contributed by atoms with Crippen LogP contribution >= 0.6 is 0 Å². The lowest BCUT2D eigenvalue weighted by molar-refractivity contribution is 0.0699. The van der Waals surface area contributed by atoms with Gasteiger partial charge in [-0.15, -0.1) is 0 Å². The highest BCUT2D eigenvalue weighted by molar-refractivity contribution is 5.92. The Balaban J connectivity index is 1.50. The van der Waals surface area contributed by atoms with Crippen LogP contribution in [0.2, 0.25) is 0 Å². The van der Waals surface area contributed by atoms with Gasteiger partial charge in [-0.3, -0.25) is 14.9 Å². The maximum atomic E-state index is 13.1. The normalized spacial score (nSPS) is 17.3. The maximum absolute atomic E-state index is 13.1. The van der Waals surface area contributed by atoms with E-state index in [1.54, 1.807) is 18.3 Å². The summed E-state index contributed by atoms with van der Waals surface area (Å²) in [6.07, 6.45) is 6.47. The number of H-pyrrole nitrogens is 1. The van der Waals surface area contributed by atoms with E-state index in [2.05, 4.69) is 20.2 Å². The monoisotopic (exact) mass is 351 g/mol. The van der Waals surface area contributed by atoms with Gasteiger partial charge in [0.1, 0.15) is 11.5 Å². The van der Waals surface area contributed by atoms with Crippen LogP contribution in [0.3, 0.4) is 0 Å². The number of carbonyl (C=O) groups excluding carboxylic acids is 1. The van der Waals surface area contributed by atoms with E-state index in [1.165, 1.54) is 24.5 Å². The fraction of sp³-hybridized carbons (Fsp3) is 0.263. The topological polar surface area (TPSA) is 74.8 Å². The molecule has 3 heterocycles. The molecule has 26 heavy (non-hydrogen) atoms. The molecule has 132 valence electrons. The first-order valence-corrected chi connectivity index (χ1v) is 8.57. The van der Waals surface area contributed by atoms with Crippen molar-refractivity contribution in [3.8, 4) is 11.3 Å². The van der Waals surface area contributed by atoms with Crippen molar-refractivity contribution in [3.63, 3.8) is 0 Å². The molecule has 1 atom stereocenters. The standard InChI is InChI=1S/C19H18FN5O/c20-15-5-3-13(4-6-15)16-10-17(24-23-16)14-2-1-9-25(12-14)19(26)18-11-21-7-8-22-18/h3-8,10-11,14H,1-2,9,12H2,(H,23,24). The van der Waals surface area contributed by atoms with Crippen LogP contribution in [-0.4, -0.2) is 44.1 Å². The van der Waals surface area contributed by atoms with Gasteiger partial charge in [0.15, 0.2) is 0 Å². The first-order chi connectivity index (χ1) is 12.7. The highest BCUT2D eigenvalue weighted by Gasteiger charge is 2.27. The van der Waals surface area contributed by atoms with Crippen molar-refractivity contribution in [3.05, 3.63) is 66.1 Å². The molecule has 4 rings (SSSR count). The second-order valence-corrected chi connectivity index (χ2v) is 6.40. The summed E-state index contributed by atoms with van der Waals surface area (Å²) in [6.45, 7) is 1.32. The Morgan fingerprint density at radius 2 is 2.08 bits per heavy atom. The molecule has 1 aliphatic rings. The van der Waals surface area contributed by atoms with Gasteiger partial charge < -0.3 is 4.90 Å². The van der Waals surface area contributed by atoms with Gasteiger partial charge in [0.05, 0.1) is 11.9 Å². The number of hydrogen-bond donors (Lipinski definition) is 1. The average Bonchev–Trinajstić information content (AvgIpc) is 3.19. The molecule has 3 aromatic rings. The minimum Gasteiger partial charge on any atom is -0.337 e. The van der Waals surface area contributed by atoms with Gasteiger partial charge in [0.25, 0.3) is 5.91 Å². The third-order valence-electron chi connectivity index (χ3n) is 4.67. The second-order valence-electron chi connectivity index (χ2n) is 6.40. The highest BCUT2D eigenvalue weighted by Crippen LogP contribution is 2.29. The number of aromatic nitrogens is 4. The molecule has 1 unspecified atom stereocenters. The molecule has 6 nitrogen and oxygen atoms in total. The van der Waals surface area contributed by atoms with Crippen LogP contribution in [0.25, 0.3) is 11.3 Å². The number of hydrogen-bond acceptors (Lipinski definition) is 4. The number of nitrogens with zero attached hydrogens (tertiary/aromatic N) is 4. The van der Waals surface area contributed by atoms with E-state index < -0.39 is 0 Å². The predicted molar refractivity (Wildman–Crippen MR) is 93.9 cm³/mol. The van der Waals surface area contributed by atoms with E-state index in [-0.39, 0.29) is 17.6 Å². The summed E-state index contributed by atoms with van der Waals surface area (Å²) in [4.78, 5) is 22.5. The van der Waals surface area contributed by atoms with E-state index in [0.29, 0.717) is 18.8 Å². The smallest absolute Gasteiger partial charge is 0.274 e. The molecule has 0 saturated carbocycles. The molecule has 0 spiro atoms. The van der Waals surface area contributed by atoms with Gasteiger partial charge in [0.2, 0.25) is 0 Å². The van der Waals surface area contributed by atoms with Gasteiger partial charge in [-0.05, 0) is 43.2 Å². The van der Waals surface area contributed by atoms with Crippen molar-refractivity contribution >= 4 is 5.91 Å². The SMILES string of the molecule is O=C(c1cnccn1)N1CCCC(c2cc(-c3ccc(F)cc3)n[nH]2)C1. The number of carbonyl (C=O) groups is 1. The molecule has 0 radical (unpaired) electrons. The summed E-state index contributed by atoms with van der Waals surface area (Å²) >= 11 is 0. The molecule has 1 fully saturated rings. The molecule has 1 amide bonds. The molecular formula is C19H18FN5O. The summed E-state index contributed by atoms with van der Waals surface area (Å²) in [6, 6.07) is 8.24. The Hall–Kier alpha value is -3.09. The van der Waals surface area contributed by atoms with Gasteiger partial charge >= 0.3 is 0 Å². The Labute approximate surface area is 150 Å². The number of rotatable bonds is 3. The molecule has 1 aromatic carbocycles. The van der Waals surface area contributed by atoms with E-state index in [1.807, 2.05) is 11.0 Å². The first kappa shape index (κ1) is 16.4. The number of benzene rings is 1. The Bertz CT molecular complexity index is 894. The summed E-state index contributed by atoms with van der Waals surface area (Å²) in [5.41, 5.74) is 2.99. The van der Waals surface area contributed by atoms with Gasteiger partial charge in [0, 0.05) is 42.7 Å². The molecular weight excluding hydrogens is 333 g/mol. The van der Waals surface area contributed by atoms with Crippen molar-refractivity contribution < 1.29 is 9.18 Å². The number of likely N-dealkylation sites (tertiary alicyclic amines) is 1. The zero-order valence-electron chi connectivity index (χ0n) is 14.1. The van der Waals surface area contributed by atoms with Crippen molar-refractivity contribution in [2.45, 2.75) is 18.8 Å². The summed E-state index contributed by atoms with van der Waals surface area (Å²) in [5, 5.41) is 7.42. The van der Waals surface area contributed by atoms with Crippen molar-refractivity contribution in [2.75, 3.05) is 13.1 Å². The molecule has 1 saturated heterocycles. The van der Waals surface area contributed by atoms with E-state index in [4.69, 9.17) is 0 Å². The number of nitrogens with one attached hydrogen (secondary N) is 1. The largest absolute Gasteiger partial charge is 0.337 e. The summed E-state index contributed by atoms with van der Waals surface area (Å²) < 4.78 is 13.1. The highest BCUT2D eigenvalue weighted by atomic mass is 19.1. The van der Waals surface area contributed by atoms with Crippen LogP contribution in [0.15, 0.2) is 48.9 Å². The van der Waals surface area contributed by atoms with Gasteiger partial charge in [-0.25, -0.2) is 9.37 Å². The third-order valence-corrected chi connectivity index (χ3v) is 4.67. The average molecular weight is 351 g/mol. The molecule has 2 aromatic heterocycles. The van der Waals surface area contributed by atoms with Crippen molar-refractivity contribution in [1.29, 1.82) is 0 Å². The molecule has 7 heteroatoms. The van der Waals surface area contributed by atoms with Crippen LogP contribution in [0, 0.1) is 5.82 Å². The van der Waals surface area contributed by atoms with Crippen LogP contribution < -0.4 is 0 Å². The van der Waals surface area contributed by atoms with Gasteiger partial charge in [-0.2, -0.15) is 5.10 Å². The quantitative estimate of drug-likeness (QED) is 0.787. The Morgan fingerprint density at radius 3 is 2.85 bits per heavy atom. The number of piperidine rings is 1. The van der Waals surface area contributed by atoms with Crippen LogP contribution in [0.4, 0.5) is 4.39 Å². The molecule has 1 aliphatic heterocycles. The summed E-state index contributed by atoms with van der Waals surface area (Å²) in [7, 11) is 0. The lowest BCUT2D eigenvalue weighted by Gasteiger charge is -2.31. The molecule has 0 bridgehead atoms. The second kappa shape index (κ2) is 7.03. The lowest BCUT2D eigenvalue weighted by Crippen LogP contribution is -2.39. The van der Waals surface area contributed by atoms with E-state index in [9.17, 15) is 9.18 Å². The van der Waals surface area contributed by atoms with Gasteiger partial charge in [-0.1, -0.05) is 0 Å².